The third-order valence-corrected chi connectivity index (χ3v) is 5.03. The molecule has 2 aliphatic heterocycles. The molecule has 22 heavy (non-hydrogen) atoms. The third-order valence-electron chi connectivity index (χ3n) is 5.03. The smallest absolute Gasteiger partial charge is 0.254 e. The third kappa shape index (κ3) is 3.64. The predicted molar refractivity (Wildman–Crippen MR) is 92.9 cm³/mol. The Kier molecular flexibility index (Phi) is 6.27. The Labute approximate surface area is 139 Å². The highest BCUT2D eigenvalue weighted by Crippen LogP contribution is 2.30. The van der Waals surface area contributed by atoms with E-state index >= 15 is 0 Å². The lowest BCUT2D eigenvalue weighted by atomic mass is 9.86. The van der Waals surface area contributed by atoms with Crippen LogP contribution in [-0.4, -0.2) is 36.5 Å². The molecule has 4 heteroatoms. The van der Waals surface area contributed by atoms with Crippen molar-refractivity contribution in [2.24, 2.45) is 0 Å². The van der Waals surface area contributed by atoms with Gasteiger partial charge in [-0.3, -0.25) is 4.79 Å². The molecule has 3 nitrogen and oxygen atoms in total. The highest BCUT2D eigenvalue weighted by Gasteiger charge is 2.27. The minimum absolute atomic E-state index is 0. The maximum absolute atomic E-state index is 13.0. The van der Waals surface area contributed by atoms with Crippen molar-refractivity contribution in [1.82, 2.24) is 10.2 Å². The summed E-state index contributed by atoms with van der Waals surface area (Å²) in [7, 11) is 0. The predicted octanol–water partition coefficient (Wildman–Crippen LogP) is 3.59. The molecule has 1 aromatic carbocycles. The van der Waals surface area contributed by atoms with Crippen LogP contribution in [0.3, 0.4) is 0 Å². The Balaban J connectivity index is 0.00000176. The highest BCUT2D eigenvalue weighted by molar-refractivity contribution is 5.96. The van der Waals surface area contributed by atoms with Gasteiger partial charge in [-0.1, -0.05) is 18.2 Å². The average Bonchev–Trinajstić information content (AvgIpc) is 2.55. The van der Waals surface area contributed by atoms with Gasteiger partial charge in [0.2, 0.25) is 0 Å². The Morgan fingerprint density at radius 3 is 2.59 bits per heavy atom. The van der Waals surface area contributed by atoms with Crippen LogP contribution in [0.2, 0.25) is 0 Å². The van der Waals surface area contributed by atoms with E-state index in [2.05, 4.69) is 29.3 Å². The van der Waals surface area contributed by atoms with Crippen LogP contribution in [0.4, 0.5) is 0 Å². The van der Waals surface area contributed by atoms with Crippen molar-refractivity contribution in [1.29, 1.82) is 0 Å². The monoisotopic (exact) mass is 322 g/mol. The number of rotatable bonds is 2. The molecular weight excluding hydrogens is 296 g/mol. The first-order chi connectivity index (χ1) is 10.3. The summed E-state index contributed by atoms with van der Waals surface area (Å²) in [6.45, 7) is 5.23. The van der Waals surface area contributed by atoms with Crippen LogP contribution in [-0.2, 0) is 0 Å². The zero-order chi connectivity index (χ0) is 14.7. The lowest BCUT2D eigenvalue weighted by molar-refractivity contribution is 0.0633. The van der Waals surface area contributed by atoms with E-state index in [1.165, 1.54) is 12.0 Å². The Morgan fingerprint density at radius 1 is 1.14 bits per heavy atom. The summed E-state index contributed by atoms with van der Waals surface area (Å²) in [5.41, 5.74) is 2.21. The molecule has 2 heterocycles. The van der Waals surface area contributed by atoms with Crippen molar-refractivity contribution in [3.8, 4) is 0 Å². The van der Waals surface area contributed by atoms with Gasteiger partial charge in [-0.15, -0.1) is 12.4 Å². The molecule has 1 aromatic rings. The molecule has 0 radical (unpaired) electrons. The molecule has 0 aromatic heterocycles. The average molecular weight is 323 g/mol. The van der Waals surface area contributed by atoms with E-state index in [0.29, 0.717) is 12.0 Å². The largest absolute Gasteiger partial charge is 0.336 e. The molecule has 2 aliphatic rings. The quantitative estimate of drug-likeness (QED) is 0.902. The molecule has 1 amide bonds. The molecule has 2 saturated heterocycles. The number of nitrogens with one attached hydrogen (secondary N) is 1. The zero-order valence-electron chi connectivity index (χ0n) is 13.4. The normalized spacial score (nSPS) is 23.0. The van der Waals surface area contributed by atoms with E-state index in [9.17, 15) is 4.79 Å². The minimum atomic E-state index is 0. The zero-order valence-corrected chi connectivity index (χ0v) is 14.2. The molecule has 0 aliphatic carbocycles. The molecule has 0 saturated carbocycles. The van der Waals surface area contributed by atoms with E-state index in [1.807, 2.05) is 12.1 Å². The van der Waals surface area contributed by atoms with Crippen LogP contribution in [0.15, 0.2) is 24.3 Å². The van der Waals surface area contributed by atoms with Crippen molar-refractivity contribution in [2.45, 2.75) is 51.0 Å². The fourth-order valence-electron chi connectivity index (χ4n) is 3.74. The number of amides is 1. The van der Waals surface area contributed by atoms with Crippen LogP contribution in [0.25, 0.3) is 0 Å². The SMILES string of the molecule is CC1CCCCN1C(=O)c1ccccc1C1CCNCC1.Cl. The number of carbonyl (C=O) groups is 1. The maximum Gasteiger partial charge on any atom is 0.254 e. The molecule has 1 N–H and O–H groups in total. The summed E-state index contributed by atoms with van der Waals surface area (Å²) >= 11 is 0. The summed E-state index contributed by atoms with van der Waals surface area (Å²) in [4.78, 5) is 15.1. The fourth-order valence-corrected chi connectivity index (χ4v) is 3.74. The van der Waals surface area contributed by atoms with Crippen molar-refractivity contribution in [2.75, 3.05) is 19.6 Å². The van der Waals surface area contributed by atoms with Gasteiger partial charge >= 0.3 is 0 Å². The van der Waals surface area contributed by atoms with Gasteiger partial charge in [0, 0.05) is 18.2 Å². The van der Waals surface area contributed by atoms with Crippen LogP contribution in [0.1, 0.15) is 60.9 Å². The molecular formula is C18H27ClN2O. The van der Waals surface area contributed by atoms with Gasteiger partial charge in [0.05, 0.1) is 0 Å². The van der Waals surface area contributed by atoms with Gasteiger partial charge < -0.3 is 10.2 Å². The first kappa shape index (κ1) is 17.3. The van der Waals surface area contributed by atoms with Crippen molar-refractivity contribution in [3.05, 3.63) is 35.4 Å². The van der Waals surface area contributed by atoms with E-state index < -0.39 is 0 Å². The standard InChI is InChI=1S/C18H26N2O.ClH/c1-14-6-4-5-13-20(14)18(21)17-8-3-2-7-16(17)15-9-11-19-12-10-15;/h2-3,7-8,14-15,19H,4-6,9-13H2,1H3;1H. The van der Waals surface area contributed by atoms with Crippen LogP contribution in [0, 0.1) is 0 Å². The van der Waals surface area contributed by atoms with Crippen LogP contribution >= 0.6 is 12.4 Å². The number of nitrogens with zero attached hydrogens (tertiary/aromatic N) is 1. The molecule has 0 spiro atoms. The van der Waals surface area contributed by atoms with Gasteiger partial charge in [-0.05, 0) is 69.7 Å². The van der Waals surface area contributed by atoms with Gasteiger partial charge in [0.1, 0.15) is 0 Å². The summed E-state index contributed by atoms with van der Waals surface area (Å²) in [6.07, 6.45) is 5.81. The van der Waals surface area contributed by atoms with Crippen molar-refractivity contribution < 1.29 is 4.79 Å². The van der Waals surface area contributed by atoms with E-state index in [-0.39, 0.29) is 18.3 Å². The summed E-state index contributed by atoms with van der Waals surface area (Å²) in [5.74, 6) is 0.780. The highest BCUT2D eigenvalue weighted by atomic mass is 35.5. The first-order valence-corrected chi connectivity index (χ1v) is 8.38. The van der Waals surface area contributed by atoms with E-state index in [0.717, 1.165) is 50.9 Å². The van der Waals surface area contributed by atoms with E-state index in [1.54, 1.807) is 0 Å². The lowest BCUT2D eigenvalue weighted by Crippen LogP contribution is -2.42. The Morgan fingerprint density at radius 2 is 1.86 bits per heavy atom. The summed E-state index contributed by atoms with van der Waals surface area (Å²) in [6, 6.07) is 8.66. The second-order valence-corrected chi connectivity index (χ2v) is 6.45. The molecule has 0 bridgehead atoms. The Hall–Kier alpha value is -1.06. The molecule has 122 valence electrons. The number of carbonyl (C=O) groups excluding carboxylic acids is 1. The maximum atomic E-state index is 13.0. The number of piperidine rings is 2. The fraction of sp³-hybridized carbons (Fsp3) is 0.611. The van der Waals surface area contributed by atoms with Gasteiger partial charge in [-0.2, -0.15) is 0 Å². The molecule has 1 unspecified atom stereocenters. The van der Waals surface area contributed by atoms with Gasteiger partial charge in [0.25, 0.3) is 5.91 Å². The van der Waals surface area contributed by atoms with Crippen LogP contribution in [0.5, 0.6) is 0 Å². The number of likely N-dealkylation sites (tertiary alicyclic amines) is 1. The topological polar surface area (TPSA) is 32.3 Å². The van der Waals surface area contributed by atoms with Gasteiger partial charge in [0.15, 0.2) is 0 Å². The summed E-state index contributed by atoms with van der Waals surface area (Å²) < 4.78 is 0. The number of hydrogen-bond acceptors (Lipinski definition) is 2. The van der Waals surface area contributed by atoms with Crippen molar-refractivity contribution in [3.63, 3.8) is 0 Å². The second-order valence-electron chi connectivity index (χ2n) is 6.45. The van der Waals surface area contributed by atoms with Crippen LogP contribution < -0.4 is 5.32 Å². The first-order valence-electron chi connectivity index (χ1n) is 8.38. The Bertz CT molecular complexity index is 500. The molecule has 3 rings (SSSR count). The number of benzene rings is 1. The minimum Gasteiger partial charge on any atom is -0.336 e. The van der Waals surface area contributed by atoms with Gasteiger partial charge in [-0.25, -0.2) is 0 Å². The van der Waals surface area contributed by atoms with Crippen molar-refractivity contribution >= 4 is 18.3 Å². The number of halogens is 1. The second kappa shape index (κ2) is 7.98. The molecule has 2 fully saturated rings. The molecule has 1 atom stereocenters. The summed E-state index contributed by atoms with van der Waals surface area (Å²) in [5, 5.41) is 3.41. The van der Waals surface area contributed by atoms with E-state index in [4.69, 9.17) is 0 Å². The lowest BCUT2D eigenvalue weighted by Gasteiger charge is -2.34. The number of hydrogen-bond donors (Lipinski definition) is 1.